The molecule has 0 atom stereocenters. The number of hydrazone groups is 1. The number of nitrogens with zero attached hydrogens (tertiary/aromatic N) is 2. The first-order valence-electron chi connectivity index (χ1n) is 10.0. The average molecular weight is 410 g/mol. The lowest BCUT2D eigenvalue weighted by molar-refractivity contribution is -0.123. The number of imide groups is 1. The Morgan fingerprint density at radius 2 is 1.61 bits per heavy atom. The number of amides is 2. The molecule has 4 rings (SSSR count). The molecule has 3 aromatic carbocycles. The van der Waals surface area contributed by atoms with Crippen LogP contribution in [0, 0.1) is 6.92 Å². The Kier molecular flexibility index (Phi) is 5.76. The fourth-order valence-electron chi connectivity index (χ4n) is 3.20. The van der Waals surface area contributed by atoms with Crippen LogP contribution < -0.4 is 4.74 Å². The maximum absolute atomic E-state index is 12.8. The standard InChI is InChI=1S/C26H22N2O3/c1-18-8-10-21(11-9-18)17-31-23-14-12-20(13-15-23)16-24-19(2)27-28(26(24)30)25(29)22-6-4-3-5-7-22/h3-16H,17H2,1-2H3/b24-16+. The van der Waals surface area contributed by atoms with Crippen molar-refractivity contribution in [1.29, 1.82) is 0 Å². The monoisotopic (exact) mass is 410 g/mol. The Bertz CT molecular complexity index is 1160. The van der Waals surface area contributed by atoms with Crippen LogP contribution in [0.25, 0.3) is 6.08 Å². The lowest BCUT2D eigenvalue weighted by atomic mass is 10.1. The van der Waals surface area contributed by atoms with Gasteiger partial charge in [0.15, 0.2) is 0 Å². The first kappa shape index (κ1) is 20.3. The van der Waals surface area contributed by atoms with E-state index in [9.17, 15) is 9.59 Å². The predicted molar refractivity (Wildman–Crippen MR) is 121 cm³/mol. The lowest BCUT2D eigenvalue weighted by Gasteiger charge is -2.09. The fourth-order valence-corrected chi connectivity index (χ4v) is 3.20. The second-order valence-electron chi connectivity index (χ2n) is 7.37. The third-order valence-corrected chi connectivity index (χ3v) is 4.99. The zero-order valence-electron chi connectivity index (χ0n) is 17.4. The highest BCUT2D eigenvalue weighted by atomic mass is 16.5. The van der Waals surface area contributed by atoms with Crippen LogP contribution in [0.5, 0.6) is 5.75 Å². The van der Waals surface area contributed by atoms with E-state index in [4.69, 9.17) is 4.74 Å². The fraction of sp³-hybridized carbons (Fsp3) is 0.115. The SMILES string of the molecule is CC1=NN(C(=O)c2ccccc2)C(=O)/C1=C/c1ccc(OCc2ccc(C)cc2)cc1. The molecule has 0 saturated carbocycles. The quantitative estimate of drug-likeness (QED) is 0.439. The smallest absolute Gasteiger partial charge is 0.283 e. The van der Waals surface area contributed by atoms with Crippen LogP contribution in [-0.4, -0.2) is 22.5 Å². The Morgan fingerprint density at radius 1 is 0.935 bits per heavy atom. The van der Waals surface area contributed by atoms with Gasteiger partial charge in [0.05, 0.1) is 11.3 Å². The summed E-state index contributed by atoms with van der Waals surface area (Å²) in [5.74, 6) is -0.119. The zero-order chi connectivity index (χ0) is 21.8. The van der Waals surface area contributed by atoms with E-state index in [1.807, 2.05) is 42.5 Å². The highest BCUT2D eigenvalue weighted by Crippen LogP contribution is 2.22. The van der Waals surface area contributed by atoms with E-state index in [0.29, 0.717) is 23.5 Å². The molecule has 0 bridgehead atoms. The summed E-state index contributed by atoms with van der Waals surface area (Å²) in [6.45, 7) is 4.26. The van der Waals surface area contributed by atoms with Crippen molar-refractivity contribution in [2.45, 2.75) is 20.5 Å². The molecule has 0 aromatic heterocycles. The summed E-state index contributed by atoms with van der Waals surface area (Å²) in [5, 5.41) is 5.09. The van der Waals surface area contributed by atoms with Gasteiger partial charge in [-0.25, -0.2) is 0 Å². The minimum Gasteiger partial charge on any atom is -0.489 e. The van der Waals surface area contributed by atoms with E-state index in [-0.39, 0.29) is 0 Å². The molecule has 0 N–H and O–H groups in total. The minimum atomic E-state index is -0.437. The molecule has 0 fully saturated rings. The molecule has 5 heteroatoms. The van der Waals surface area contributed by atoms with E-state index in [2.05, 4.69) is 24.2 Å². The summed E-state index contributed by atoms with van der Waals surface area (Å²) in [4.78, 5) is 25.4. The van der Waals surface area contributed by atoms with Gasteiger partial charge in [0, 0.05) is 5.56 Å². The molecular weight excluding hydrogens is 388 g/mol. The molecule has 3 aromatic rings. The van der Waals surface area contributed by atoms with E-state index in [0.717, 1.165) is 21.9 Å². The van der Waals surface area contributed by atoms with Crippen LogP contribution in [0.1, 0.15) is 34.0 Å². The molecule has 0 unspecified atom stereocenters. The molecule has 2 amide bonds. The highest BCUT2D eigenvalue weighted by molar-refractivity contribution is 6.30. The molecule has 5 nitrogen and oxygen atoms in total. The van der Waals surface area contributed by atoms with Gasteiger partial charge in [-0.15, -0.1) is 0 Å². The van der Waals surface area contributed by atoms with Gasteiger partial charge in [-0.3, -0.25) is 9.59 Å². The van der Waals surface area contributed by atoms with Gasteiger partial charge >= 0.3 is 0 Å². The van der Waals surface area contributed by atoms with Crippen LogP contribution in [0.4, 0.5) is 0 Å². The third kappa shape index (κ3) is 4.61. The number of carbonyl (C=O) groups excluding carboxylic acids is 2. The molecule has 0 radical (unpaired) electrons. The van der Waals surface area contributed by atoms with Crippen molar-refractivity contribution in [3.63, 3.8) is 0 Å². The summed E-state index contributed by atoms with van der Waals surface area (Å²) < 4.78 is 5.83. The van der Waals surface area contributed by atoms with Gasteiger partial charge in [-0.2, -0.15) is 10.1 Å². The number of benzene rings is 3. The zero-order valence-corrected chi connectivity index (χ0v) is 17.4. The Labute approximate surface area is 181 Å². The van der Waals surface area contributed by atoms with Crippen LogP contribution in [0.3, 0.4) is 0 Å². The van der Waals surface area contributed by atoms with Crippen molar-refractivity contribution < 1.29 is 14.3 Å². The average Bonchev–Trinajstić information content (AvgIpc) is 3.08. The van der Waals surface area contributed by atoms with Gasteiger partial charge in [0.1, 0.15) is 12.4 Å². The molecule has 0 spiro atoms. The maximum Gasteiger partial charge on any atom is 0.283 e. The van der Waals surface area contributed by atoms with Gasteiger partial charge in [-0.05, 0) is 55.3 Å². The Hall–Kier alpha value is -3.99. The number of carbonyl (C=O) groups is 2. The Morgan fingerprint density at radius 3 is 2.29 bits per heavy atom. The van der Waals surface area contributed by atoms with Crippen molar-refractivity contribution in [3.8, 4) is 5.75 Å². The van der Waals surface area contributed by atoms with E-state index < -0.39 is 11.8 Å². The summed E-state index contributed by atoms with van der Waals surface area (Å²) in [6, 6.07) is 24.3. The molecule has 1 heterocycles. The maximum atomic E-state index is 12.8. The first-order valence-corrected chi connectivity index (χ1v) is 10.0. The summed E-state index contributed by atoms with van der Waals surface area (Å²) >= 11 is 0. The van der Waals surface area contributed by atoms with Gasteiger partial charge in [0.2, 0.25) is 0 Å². The summed E-state index contributed by atoms with van der Waals surface area (Å²) in [6.07, 6.45) is 1.74. The second kappa shape index (κ2) is 8.79. The van der Waals surface area contributed by atoms with Crippen molar-refractivity contribution in [3.05, 3.63) is 107 Å². The van der Waals surface area contributed by atoms with Crippen LogP contribution in [-0.2, 0) is 11.4 Å². The largest absolute Gasteiger partial charge is 0.489 e. The summed E-state index contributed by atoms with van der Waals surface area (Å²) in [5.41, 5.74) is 4.47. The molecular formula is C26H22N2O3. The number of hydrogen-bond acceptors (Lipinski definition) is 4. The number of hydrogen-bond donors (Lipinski definition) is 0. The molecule has 0 saturated heterocycles. The van der Waals surface area contributed by atoms with Crippen LogP contribution >= 0.6 is 0 Å². The lowest BCUT2D eigenvalue weighted by Crippen LogP contribution is -2.29. The normalized spacial score (nSPS) is 14.6. The topological polar surface area (TPSA) is 59.0 Å². The van der Waals surface area contributed by atoms with Crippen LogP contribution in [0.2, 0.25) is 0 Å². The number of aryl methyl sites for hydroxylation is 1. The van der Waals surface area contributed by atoms with Gasteiger partial charge in [0.25, 0.3) is 11.8 Å². The van der Waals surface area contributed by atoms with Crippen molar-refractivity contribution in [2.75, 3.05) is 0 Å². The second-order valence-corrected chi connectivity index (χ2v) is 7.37. The van der Waals surface area contributed by atoms with E-state index >= 15 is 0 Å². The van der Waals surface area contributed by atoms with E-state index in [1.165, 1.54) is 5.56 Å². The van der Waals surface area contributed by atoms with Crippen molar-refractivity contribution >= 4 is 23.6 Å². The predicted octanol–water partition coefficient (Wildman–Crippen LogP) is 5.02. The minimum absolute atomic E-state index is 0.401. The Balaban J connectivity index is 1.44. The molecule has 0 aliphatic carbocycles. The van der Waals surface area contributed by atoms with Gasteiger partial charge in [-0.1, -0.05) is 60.2 Å². The van der Waals surface area contributed by atoms with Crippen molar-refractivity contribution in [1.82, 2.24) is 5.01 Å². The molecule has 31 heavy (non-hydrogen) atoms. The van der Waals surface area contributed by atoms with Crippen LogP contribution in [0.15, 0.2) is 89.5 Å². The van der Waals surface area contributed by atoms with E-state index in [1.54, 1.807) is 37.3 Å². The first-order chi connectivity index (χ1) is 15.0. The van der Waals surface area contributed by atoms with Crippen molar-refractivity contribution in [2.24, 2.45) is 5.10 Å². The molecule has 1 aliphatic rings. The van der Waals surface area contributed by atoms with Gasteiger partial charge < -0.3 is 4.74 Å². The molecule has 154 valence electrons. The highest BCUT2D eigenvalue weighted by Gasteiger charge is 2.32. The number of rotatable bonds is 5. The summed E-state index contributed by atoms with van der Waals surface area (Å²) in [7, 11) is 0. The molecule has 1 aliphatic heterocycles. The number of ether oxygens (including phenoxy) is 1. The third-order valence-electron chi connectivity index (χ3n) is 4.99.